The number of nitrogens with zero attached hydrogens (tertiary/aromatic N) is 5. The van der Waals surface area contributed by atoms with Crippen molar-refractivity contribution in [3.05, 3.63) is 70.9 Å². The van der Waals surface area contributed by atoms with Gasteiger partial charge in [-0.25, -0.2) is 4.98 Å². The van der Waals surface area contributed by atoms with Crippen molar-refractivity contribution >= 4 is 22.0 Å². The zero-order valence-corrected chi connectivity index (χ0v) is 19.1. The summed E-state index contributed by atoms with van der Waals surface area (Å²) in [6.07, 6.45) is 0.740. The summed E-state index contributed by atoms with van der Waals surface area (Å²) in [5.41, 5.74) is 2.34. The Balaban J connectivity index is 1.50. The number of para-hydroxylation sites is 1. The van der Waals surface area contributed by atoms with Gasteiger partial charge in [-0.2, -0.15) is 4.52 Å². The lowest BCUT2D eigenvalue weighted by Crippen LogP contribution is -2.47. The number of piperazine rings is 1. The SMILES string of the molecule is CCc1nc2sc(C(c3cccc(OC)c3)N3CCN(c4ccccc4)CC3)c(O)n2n1. The van der Waals surface area contributed by atoms with E-state index in [9.17, 15) is 5.11 Å². The molecule has 1 fully saturated rings. The molecule has 1 aliphatic heterocycles. The summed E-state index contributed by atoms with van der Waals surface area (Å²) >= 11 is 1.51. The molecule has 3 heterocycles. The van der Waals surface area contributed by atoms with Gasteiger partial charge in [0, 0.05) is 38.3 Å². The normalized spacial score (nSPS) is 15.9. The molecule has 0 spiro atoms. The van der Waals surface area contributed by atoms with Gasteiger partial charge in [-0.3, -0.25) is 4.90 Å². The Hall–Kier alpha value is -3.10. The van der Waals surface area contributed by atoms with E-state index < -0.39 is 0 Å². The molecule has 166 valence electrons. The second-order valence-electron chi connectivity index (χ2n) is 7.90. The van der Waals surface area contributed by atoms with Crippen molar-refractivity contribution in [3.63, 3.8) is 0 Å². The predicted molar refractivity (Wildman–Crippen MR) is 127 cm³/mol. The molecule has 1 atom stereocenters. The van der Waals surface area contributed by atoms with Crippen LogP contribution in [-0.4, -0.2) is 57.9 Å². The molecular formula is C24H27N5O2S. The topological polar surface area (TPSA) is 66.1 Å². The molecule has 2 aromatic heterocycles. The molecule has 32 heavy (non-hydrogen) atoms. The number of ether oxygens (including phenoxy) is 1. The molecule has 2 aromatic carbocycles. The van der Waals surface area contributed by atoms with Crippen molar-refractivity contribution in [2.24, 2.45) is 0 Å². The number of hydrogen-bond acceptors (Lipinski definition) is 7. The molecule has 8 heteroatoms. The van der Waals surface area contributed by atoms with E-state index in [-0.39, 0.29) is 11.9 Å². The van der Waals surface area contributed by atoms with Gasteiger partial charge in [0.25, 0.3) is 0 Å². The molecule has 1 saturated heterocycles. The number of methoxy groups -OCH3 is 1. The summed E-state index contributed by atoms with van der Waals surface area (Å²) in [5, 5.41) is 15.6. The molecule has 1 aliphatic rings. The van der Waals surface area contributed by atoms with Crippen LogP contribution < -0.4 is 9.64 Å². The summed E-state index contributed by atoms with van der Waals surface area (Å²) in [4.78, 5) is 11.0. The largest absolute Gasteiger partial charge is 0.497 e. The highest BCUT2D eigenvalue weighted by Gasteiger charge is 2.32. The van der Waals surface area contributed by atoms with Gasteiger partial charge in [0.15, 0.2) is 5.82 Å². The number of anilines is 1. The highest BCUT2D eigenvalue weighted by atomic mass is 32.1. The van der Waals surface area contributed by atoms with Crippen LogP contribution in [0.5, 0.6) is 11.6 Å². The average molecular weight is 450 g/mol. The molecule has 4 aromatic rings. The Kier molecular flexibility index (Phi) is 5.71. The van der Waals surface area contributed by atoms with Crippen molar-refractivity contribution in [1.29, 1.82) is 0 Å². The third kappa shape index (κ3) is 3.80. The number of fused-ring (bicyclic) bond motifs is 1. The fourth-order valence-corrected chi connectivity index (χ4v) is 5.47. The van der Waals surface area contributed by atoms with Gasteiger partial charge < -0.3 is 14.7 Å². The highest BCUT2D eigenvalue weighted by molar-refractivity contribution is 7.17. The Morgan fingerprint density at radius 3 is 2.53 bits per heavy atom. The summed E-state index contributed by atoms with van der Waals surface area (Å²) in [7, 11) is 1.68. The van der Waals surface area contributed by atoms with Gasteiger partial charge in [-0.15, -0.1) is 5.10 Å². The number of benzene rings is 2. The van der Waals surface area contributed by atoms with Crippen molar-refractivity contribution in [2.45, 2.75) is 19.4 Å². The molecule has 7 nitrogen and oxygen atoms in total. The Morgan fingerprint density at radius 1 is 1.06 bits per heavy atom. The summed E-state index contributed by atoms with van der Waals surface area (Å²) in [5.74, 6) is 1.73. The van der Waals surface area contributed by atoms with E-state index >= 15 is 0 Å². The number of aromatic nitrogens is 3. The van der Waals surface area contributed by atoms with Gasteiger partial charge >= 0.3 is 0 Å². The van der Waals surface area contributed by atoms with Gasteiger partial charge in [0.1, 0.15) is 5.75 Å². The van der Waals surface area contributed by atoms with E-state index in [0.29, 0.717) is 0 Å². The zero-order valence-electron chi connectivity index (χ0n) is 18.3. The van der Waals surface area contributed by atoms with Crippen molar-refractivity contribution < 1.29 is 9.84 Å². The Bertz CT molecular complexity index is 1200. The van der Waals surface area contributed by atoms with Crippen LogP contribution in [0.2, 0.25) is 0 Å². The minimum atomic E-state index is -0.0957. The quantitative estimate of drug-likeness (QED) is 0.480. The van der Waals surface area contributed by atoms with Crippen LogP contribution >= 0.6 is 11.3 Å². The van der Waals surface area contributed by atoms with Crippen LogP contribution in [0.1, 0.15) is 29.2 Å². The zero-order chi connectivity index (χ0) is 22.1. The first kappa shape index (κ1) is 20.8. The molecule has 0 radical (unpaired) electrons. The van der Waals surface area contributed by atoms with Crippen molar-refractivity contribution in [2.75, 3.05) is 38.2 Å². The lowest BCUT2D eigenvalue weighted by Gasteiger charge is -2.40. The Morgan fingerprint density at radius 2 is 1.84 bits per heavy atom. The second kappa shape index (κ2) is 8.80. The third-order valence-corrected chi connectivity index (χ3v) is 7.09. The second-order valence-corrected chi connectivity index (χ2v) is 8.91. The van der Waals surface area contributed by atoms with Crippen LogP contribution in [-0.2, 0) is 6.42 Å². The van der Waals surface area contributed by atoms with Crippen molar-refractivity contribution in [3.8, 4) is 11.6 Å². The summed E-state index contributed by atoms with van der Waals surface area (Å²) in [6.45, 7) is 5.62. The Labute approximate surface area is 191 Å². The number of thiazole rings is 1. The smallest absolute Gasteiger partial charge is 0.230 e. The number of aryl methyl sites for hydroxylation is 1. The van der Waals surface area contributed by atoms with Gasteiger partial charge in [0.2, 0.25) is 10.8 Å². The first-order chi connectivity index (χ1) is 15.7. The van der Waals surface area contributed by atoms with E-state index in [0.717, 1.165) is 59.6 Å². The number of rotatable bonds is 6. The van der Waals surface area contributed by atoms with E-state index in [2.05, 4.69) is 56.3 Å². The van der Waals surface area contributed by atoms with Crippen LogP contribution in [0.3, 0.4) is 0 Å². The molecule has 0 saturated carbocycles. The molecule has 0 amide bonds. The van der Waals surface area contributed by atoms with Crippen molar-refractivity contribution in [1.82, 2.24) is 19.5 Å². The predicted octanol–water partition coefficient (Wildman–Crippen LogP) is 3.98. The lowest BCUT2D eigenvalue weighted by molar-refractivity contribution is 0.211. The summed E-state index contributed by atoms with van der Waals surface area (Å²) in [6, 6.07) is 18.5. The monoisotopic (exact) mass is 449 g/mol. The average Bonchev–Trinajstić information content (AvgIpc) is 3.39. The molecule has 5 rings (SSSR count). The first-order valence-corrected chi connectivity index (χ1v) is 11.7. The molecular weight excluding hydrogens is 422 g/mol. The lowest BCUT2D eigenvalue weighted by atomic mass is 10.0. The third-order valence-electron chi connectivity index (χ3n) is 6.02. The fraction of sp³-hybridized carbons (Fsp3) is 0.333. The van der Waals surface area contributed by atoms with E-state index in [1.165, 1.54) is 17.0 Å². The van der Waals surface area contributed by atoms with E-state index in [1.807, 2.05) is 25.1 Å². The highest BCUT2D eigenvalue weighted by Crippen LogP contribution is 2.41. The molecule has 1 unspecified atom stereocenters. The minimum Gasteiger partial charge on any atom is -0.497 e. The van der Waals surface area contributed by atoms with Crippen LogP contribution in [0.15, 0.2) is 54.6 Å². The van der Waals surface area contributed by atoms with Gasteiger partial charge in [0.05, 0.1) is 18.0 Å². The van der Waals surface area contributed by atoms with Crippen LogP contribution in [0, 0.1) is 0 Å². The van der Waals surface area contributed by atoms with Crippen LogP contribution in [0.4, 0.5) is 5.69 Å². The summed E-state index contributed by atoms with van der Waals surface area (Å²) < 4.78 is 7.07. The van der Waals surface area contributed by atoms with Gasteiger partial charge in [-0.1, -0.05) is 48.6 Å². The molecule has 1 N–H and O–H groups in total. The maximum absolute atomic E-state index is 11.1. The maximum atomic E-state index is 11.1. The van der Waals surface area contributed by atoms with Gasteiger partial charge in [-0.05, 0) is 29.8 Å². The molecule has 0 aliphatic carbocycles. The van der Waals surface area contributed by atoms with E-state index in [1.54, 1.807) is 11.6 Å². The maximum Gasteiger partial charge on any atom is 0.230 e. The minimum absolute atomic E-state index is 0.0957. The number of hydrogen-bond donors (Lipinski definition) is 1. The van der Waals surface area contributed by atoms with E-state index in [4.69, 9.17) is 4.74 Å². The standard InChI is InChI=1S/C24H27N5O2S/c1-3-20-25-24-29(26-20)23(30)22(32-24)21(17-8-7-11-19(16-17)31-2)28-14-12-27(13-15-28)18-9-5-4-6-10-18/h4-11,16,21,30H,3,12-15H2,1-2H3. The fourth-order valence-electron chi connectivity index (χ4n) is 4.34. The first-order valence-electron chi connectivity index (χ1n) is 10.9. The van der Waals surface area contributed by atoms with Crippen LogP contribution in [0.25, 0.3) is 4.96 Å². The number of aromatic hydroxyl groups is 1. The molecule has 0 bridgehead atoms.